The Balaban J connectivity index is 2.69. The van der Waals surface area contributed by atoms with Crippen LogP contribution in [0.2, 0.25) is 0 Å². The molecule has 0 aliphatic heterocycles. The van der Waals surface area contributed by atoms with Gasteiger partial charge in [0, 0.05) is 23.5 Å². The van der Waals surface area contributed by atoms with E-state index in [9.17, 15) is 13.6 Å². The molecule has 0 bridgehead atoms. The largest absolute Gasteiger partial charge is 0.367 e. The number of nitrogens with zero attached hydrogens (tertiary/aromatic N) is 1. The fourth-order valence-electron chi connectivity index (χ4n) is 1.89. The molecule has 0 spiro atoms. The highest BCUT2D eigenvalue weighted by atomic mass is 19.3. The van der Waals surface area contributed by atoms with Gasteiger partial charge in [0.2, 0.25) is 0 Å². The zero-order valence-corrected chi connectivity index (χ0v) is 10.3. The number of ketones is 1. The van der Waals surface area contributed by atoms with Crippen molar-refractivity contribution in [3.63, 3.8) is 0 Å². The molecule has 1 heterocycles. The van der Waals surface area contributed by atoms with Gasteiger partial charge >= 0.3 is 0 Å². The van der Waals surface area contributed by atoms with Gasteiger partial charge in [-0.3, -0.25) is 4.79 Å². The number of alkyl halides is 2. The van der Waals surface area contributed by atoms with Gasteiger partial charge in [0.25, 0.3) is 6.43 Å². The molecule has 3 nitrogen and oxygen atoms in total. The topological polar surface area (TPSA) is 31.2 Å². The smallest absolute Gasteiger partial charge is 0.261 e. The molecule has 0 amide bonds. The number of halogens is 2. The molecule has 0 radical (unpaired) electrons. The zero-order valence-electron chi connectivity index (χ0n) is 10.3. The Bertz CT molecular complexity index is 399. The van der Waals surface area contributed by atoms with Crippen molar-refractivity contribution in [1.82, 2.24) is 4.57 Å². The SMILES string of the molecule is CCn1c(C)cc(C(=O)COCC(F)F)c1C. The van der Waals surface area contributed by atoms with Crippen molar-refractivity contribution in [2.75, 3.05) is 13.2 Å². The summed E-state index contributed by atoms with van der Waals surface area (Å²) in [6.45, 7) is 5.53. The molecule has 1 aromatic rings. The van der Waals surface area contributed by atoms with E-state index < -0.39 is 13.0 Å². The van der Waals surface area contributed by atoms with Crippen LogP contribution in [0.5, 0.6) is 0 Å². The highest BCUT2D eigenvalue weighted by Gasteiger charge is 2.15. The molecule has 0 N–H and O–H groups in total. The Kier molecular flexibility index (Phi) is 4.81. The molecule has 0 fully saturated rings. The lowest BCUT2D eigenvalue weighted by Gasteiger charge is -2.06. The second kappa shape index (κ2) is 5.91. The summed E-state index contributed by atoms with van der Waals surface area (Å²) in [5.41, 5.74) is 2.40. The number of hydrogen-bond donors (Lipinski definition) is 0. The van der Waals surface area contributed by atoms with Gasteiger partial charge in [0.15, 0.2) is 5.78 Å². The summed E-state index contributed by atoms with van der Waals surface area (Å²) in [5, 5.41) is 0. The first-order valence-electron chi connectivity index (χ1n) is 5.53. The zero-order chi connectivity index (χ0) is 13.0. The number of aryl methyl sites for hydroxylation is 1. The molecule has 0 atom stereocenters. The Morgan fingerprint density at radius 3 is 2.59 bits per heavy atom. The first kappa shape index (κ1) is 13.8. The maximum atomic E-state index is 11.8. The van der Waals surface area contributed by atoms with E-state index >= 15 is 0 Å². The first-order chi connectivity index (χ1) is 7.97. The van der Waals surface area contributed by atoms with Gasteiger partial charge in [0.1, 0.15) is 13.2 Å². The summed E-state index contributed by atoms with van der Waals surface area (Å²) < 4.78 is 30.3. The summed E-state index contributed by atoms with van der Waals surface area (Å²) in [7, 11) is 0. The lowest BCUT2D eigenvalue weighted by Crippen LogP contribution is -2.14. The predicted octanol–water partition coefficient (Wildman–Crippen LogP) is 2.59. The molecule has 96 valence electrons. The van der Waals surface area contributed by atoms with Crippen LogP contribution in [0.25, 0.3) is 0 Å². The molecule has 5 heteroatoms. The quantitative estimate of drug-likeness (QED) is 0.721. The molecule has 0 aromatic carbocycles. The summed E-state index contributed by atoms with van der Waals surface area (Å²) in [4.78, 5) is 11.7. The lowest BCUT2D eigenvalue weighted by atomic mass is 10.1. The van der Waals surface area contributed by atoms with E-state index in [4.69, 9.17) is 0 Å². The first-order valence-corrected chi connectivity index (χ1v) is 5.53. The van der Waals surface area contributed by atoms with Crippen LogP contribution in [0.3, 0.4) is 0 Å². The lowest BCUT2D eigenvalue weighted by molar-refractivity contribution is 0.0196. The van der Waals surface area contributed by atoms with E-state index in [2.05, 4.69) is 4.74 Å². The van der Waals surface area contributed by atoms with E-state index in [0.29, 0.717) is 5.56 Å². The molecular weight excluding hydrogens is 228 g/mol. The van der Waals surface area contributed by atoms with Crippen molar-refractivity contribution in [3.05, 3.63) is 23.0 Å². The Labute approximate surface area is 99.4 Å². The second-order valence-electron chi connectivity index (χ2n) is 3.86. The van der Waals surface area contributed by atoms with Crippen molar-refractivity contribution in [1.29, 1.82) is 0 Å². The number of aromatic nitrogens is 1. The molecule has 1 rings (SSSR count). The molecule has 0 saturated carbocycles. The number of carbonyl (C=O) groups excluding carboxylic acids is 1. The number of hydrogen-bond acceptors (Lipinski definition) is 2. The minimum absolute atomic E-state index is 0.251. The maximum absolute atomic E-state index is 11.8. The Morgan fingerprint density at radius 2 is 2.12 bits per heavy atom. The molecule has 17 heavy (non-hydrogen) atoms. The summed E-state index contributed by atoms with van der Waals surface area (Å²) in [5.74, 6) is -0.251. The average Bonchev–Trinajstić information content (AvgIpc) is 2.53. The van der Waals surface area contributed by atoms with Crippen molar-refractivity contribution in [2.45, 2.75) is 33.7 Å². The molecule has 0 saturated heterocycles. The minimum atomic E-state index is -2.54. The number of ether oxygens (including phenoxy) is 1. The normalized spacial score (nSPS) is 11.2. The van der Waals surface area contributed by atoms with Crippen molar-refractivity contribution >= 4 is 5.78 Å². The van der Waals surface area contributed by atoms with Crippen LogP contribution in [0.1, 0.15) is 28.7 Å². The van der Waals surface area contributed by atoms with Gasteiger partial charge < -0.3 is 9.30 Å². The fraction of sp³-hybridized carbons (Fsp3) is 0.583. The Morgan fingerprint density at radius 1 is 1.47 bits per heavy atom. The Hall–Kier alpha value is -1.23. The van der Waals surface area contributed by atoms with Crippen LogP contribution in [0.4, 0.5) is 8.78 Å². The summed E-state index contributed by atoms with van der Waals surface area (Å²) in [6.07, 6.45) is -2.54. The average molecular weight is 245 g/mol. The molecule has 1 aromatic heterocycles. The number of rotatable bonds is 6. The van der Waals surface area contributed by atoms with Crippen LogP contribution >= 0.6 is 0 Å². The van der Waals surface area contributed by atoms with Gasteiger partial charge in [-0.25, -0.2) is 8.78 Å². The van der Waals surface area contributed by atoms with Crippen LogP contribution in [0, 0.1) is 13.8 Å². The molecule has 0 aliphatic carbocycles. The molecule has 0 aliphatic rings. The molecular formula is C12H17F2NO2. The van der Waals surface area contributed by atoms with Crippen LogP contribution in [-0.2, 0) is 11.3 Å². The standard InChI is InChI=1S/C12H17F2NO2/c1-4-15-8(2)5-10(9(15)3)11(16)6-17-7-12(13)14/h5,12H,4,6-7H2,1-3H3. The van der Waals surface area contributed by atoms with Gasteiger partial charge in [-0.2, -0.15) is 0 Å². The van der Waals surface area contributed by atoms with Crippen molar-refractivity contribution in [2.24, 2.45) is 0 Å². The third kappa shape index (κ3) is 3.36. The highest BCUT2D eigenvalue weighted by Crippen LogP contribution is 2.15. The third-order valence-electron chi connectivity index (χ3n) is 2.67. The monoisotopic (exact) mass is 245 g/mol. The molecule has 0 unspecified atom stereocenters. The van der Waals surface area contributed by atoms with Gasteiger partial charge in [-0.1, -0.05) is 0 Å². The fourth-order valence-corrected chi connectivity index (χ4v) is 1.89. The van der Waals surface area contributed by atoms with Crippen LogP contribution in [0.15, 0.2) is 6.07 Å². The minimum Gasteiger partial charge on any atom is -0.367 e. The van der Waals surface area contributed by atoms with Gasteiger partial charge in [-0.15, -0.1) is 0 Å². The highest BCUT2D eigenvalue weighted by molar-refractivity contribution is 5.98. The van der Waals surface area contributed by atoms with E-state index in [1.165, 1.54) is 0 Å². The third-order valence-corrected chi connectivity index (χ3v) is 2.67. The van der Waals surface area contributed by atoms with Gasteiger partial charge in [-0.05, 0) is 26.8 Å². The van der Waals surface area contributed by atoms with Crippen molar-refractivity contribution < 1.29 is 18.3 Å². The summed E-state index contributed by atoms with van der Waals surface area (Å²) >= 11 is 0. The van der Waals surface area contributed by atoms with E-state index in [1.807, 2.05) is 25.3 Å². The number of Topliss-reactive ketones (excluding diaryl/α,β-unsaturated/α-hetero) is 1. The van der Waals surface area contributed by atoms with Crippen LogP contribution in [-0.4, -0.2) is 30.0 Å². The predicted molar refractivity (Wildman–Crippen MR) is 60.7 cm³/mol. The van der Waals surface area contributed by atoms with Crippen molar-refractivity contribution in [3.8, 4) is 0 Å². The van der Waals surface area contributed by atoms with E-state index in [-0.39, 0.29) is 12.4 Å². The van der Waals surface area contributed by atoms with Crippen LogP contribution < -0.4 is 0 Å². The summed E-state index contributed by atoms with van der Waals surface area (Å²) in [6, 6.07) is 1.77. The van der Waals surface area contributed by atoms with E-state index in [1.54, 1.807) is 6.07 Å². The van der Waals surface area contributed by atoms with Gasteiger partial charge in [0.05, 0.1) is 0 Å². The van der Waals surface area contributed by atoms with E-state index in [0.717, 1.165) is 17.9 Å². The second-order valence-corrected chi connectivity index (χ2v) is 3.86. The maximum Gasteiger partial charge on any atom is 0.261 e. The number of carbonyl (C=O) groups is 1.